The summed E-state index contributed by atoms with van der Waals surface area (Å²) in [6.07, 6.45) is 2.01. The lowest BCUT2D eigenvalue weighted by molar-refractivity contribution is -0.394. The molecule has 0 spiro atoms. The number of carbonyl (C=O) groups is 1. The third-order valence-corrected chi connectivity index (χ3v) is 7.72. The Balaban J connectivity index is 1.65. The Morgan fingerprint density at radius 1 is 0.947 bits per heavy atom. The maximum Gasteiger partial charge on any atom is 0.310 e. The molecule has 5 aromatic rings. The topological polar surface area (TPSA) is 118 Å². The van der Waals surface area contributed by atoms with Gasteiger partial charge in [0.15, 0.2) is 0 Å². The van der Waals surface area contributed by atoms with E-state index in [0.717, 1.165) is 42.7 Å². The average molecular weight is 594 g/mol. The van der Waals surface area contributed by atoms with Crippen LogP contribution < -0.4 is 0 Å². The van der Waals surface area contributed by atoms with Crippen molar-refractivity contribution in [2.24, 2.45) is 0 Å². The highest BCUT2D eigenvalue weighted by Gasteiger charge is 2.19. The number of thiophene rings is 1. The Kier molecular flexibility index (Phi) is 6.96. The van der Waals surface area contributed by atoms with Crippen LogP contribution in [0.4, 0.5) is 11.4 Å². The third kappa shape index (κ3) is 5.02. The lowest BCUT2D eigenvalue weighted by Crippen LogP contribution is -2.07. The Hall–Kier alpha value is -4.09. The van der Waals surface area contributed by atoms with Crippen LogP contribution in [0.5, 0.6) is 0 Å². The lowest BCUT2D eigenvalue weighted by Gasteiger charge is -2.08. The number of non-ortho nitro benzene ring substituents is 2. The second kappa shape index (κ2) is 10.3. The summed E-state index contributed by atoms with van der Waals surface area (Å²) in [6, 6.07) is 15.1. The van der Waals surface area contributed by atoms with Gasteiger partial charge >= 0.3 is 5.97 Å². The summed E-state index contributed by atoms with van der Waals surface area (Å²) in [5.41, 5.74) is 2.91. The summed E-state index contributed by atoms with van der Waals surface area (Å²) < 4.78 is 9.32. The summed E-state index contributed by atoms with van der Waals surface area (Å²) in [6.45, 7) is 2.56. The molecule has 3 aromatic carbocycles. The number of hydrogen-bond acceptors (Lipinski definition) is 7. The van der Waals surface area contributed by atoms with Crippen molar-refractivity contribution in [3.63, 3.8) is 0 Å². The monoisotopic (exact) mass is 593 g/mol. The molecule has 9 nitrogen and oxygen atoms in total. The molecule has 0 aliphatic heterocycles. The lowest BCUT2D eigenvalue weighted by atomic mass is 10.0. The van der Waals surface area contributed by atoms with Gasteiger partial charge < -0.3 is 9.30 Å². The van der Waals surface area contributed by atoms with Crippen molar-refractivity contribution in [1.82, 2.24) is 4.57 Å². The van der Waals surface area contributed by atoms with Crippen LogP contribution >= 0.6 is 27.3 Å². The zero-order valence-corrected chi connectivity index (χ0v) is 22.5. The molecule has 0 aliphatic rings. The van der Waals surface area contributed by atoms with Crippen LogP contribution in [0.1, 0.15) is 18.1 Å². The predicted molar refractivity (Wildman–Crippen MR) is 150 cm³/mol. The van der Waals surface area contributed by atoms with Crippen molar-refractivity contribution in [2.45, 2.75) is 19.9 Å². The second-order valence-corrected chi connectivity index (χ2v) is 10.5. The highest BCUT2D eigenvalue weighted by molar-refractivity contribution is 9.10. The normalized spacial score (nSPS) is 11.2. The molecular formula is C27H20BrN3O6S. The van der Waals surface area contributed by atoms with Gasteiger partial charge in [-0.25, -0.2) is 0 Å². The molecule has 2 aromatic heterocycles. The van der Waals surface area contributed by atoms with E-state index in [-0.39, 0.29) is 30.4 Å². The average Bonchev–Trinajstić information content (AvgIpc) is 3.44. The standard InChI is InChI=1S/C27H20BrN3O6S/c1-2-37-27(32)10-18-13-29(14-19-15-38-26-6-4-20(28)11-24(19)26)25-9-16(3-5-23(18)25)17-7-21(30(33)34)12-22(8-17)31(35)36/h3-9,11-13,15H,2,10,14H2,1H3. The SMILES string of the molecule is CCOC(=O)Cc1cn(Cc2csc3ccc(Br)cc23)c2cc(-c3cc([N+](=O)[O-])cc([N+](=O)[O-])c3)ccc12. The van der Waals surface area contributed by atoms with Gasteiger partial charge in [0.1, 0.15) is 0 Å². The first kappa shape index (κ1) is 25.6. The van der Waals surface area contributed by atoms with Crippen molar-refractivity contribution in [3.05, 3.63) is 102 Å². The van der Waals surface area contributed by atoms with E-state index in [1.165, 1.54) is 12.1 Å². The number of halogens is 1. The highest BCUT2D eigenvalue weighted by atomic mass is 79.9. The minimum absolute atomic E-state index is 0.0922. The van der Waals surface area contributed by atoms with E-state index < -0.39 is 9.85 Å². The second-order valence-electron chi connectivity index (χ2n) is 8.65. The minimum atomic E-state index is -0.644. The Morgan fingerprint density at radius 3 is 2.37 bits per heavy atom. The number of ether oxygens (including phenoxy) is 1. The predicted octanol–water partition coefficient (Wildman–Crippen LogP) is 7.26. The number of fused-ring (bicyclic) bond motifs is 2. The van der Waals surface area contributed by atoms with Gasteiger partial charge in [0, 0.05) is 44.9 Å². The van der Waals surface area contributed by atoms with E-state index in [9.17, 15) is 25.0 Å². The van der Waals surface area contributed by atoms with Crippen molar-refractivity contribution in [3.8, 4) is 11.1 Å². The highest BCUT2D eigenvalue weighted by Crippen LogP contribution is 2.35. The summed E-state index contributed by atoms with van der Waals surface area (Å²) in [5, 5.41) is 26.9. The van der Waals surface area contributed by atoms with Crippen LogP contribution in [0.15, 0.2) is 70.6 Å². The molecule has 0 bridgehead atoms. The van der Waals surface area contributed by atoms with Crippen LogP contribution in [0.25, 0.3) is 32.1 Å². The van der Waals surface area contributed by atoms with Crippen LogP contribution in [0.2, 0.25) is 0 Å². The van der Waals surface area contributed by atoms with Crippen LogP contribution in [-0.2, 0) is 22.5 Å². The number of nitro groups is 2. The molecule has 0 saturated carbocycles. The molecule has 0 amide bonds. The number of rotatable bonds is 8. The number of carbonyl (C=O) groups excluding carboxylic acids is 1. The third-order valence-electron chi connectivity index (χ3n) is 6.22. The number of nitrogens with zero attached hydrogens (tertiary/aromatic N) is 3. The fourth-order valence-electron chi connectivity index (χ4n) is 4.52. The molecule has 0 N–H and O–H groups in total. The molecule has 0 atom stereocenters. The molecule has 0 radical (unpaired) electrons. The van der Waals surface area contributed by atoms with Crippen molar-refractivity contribution < 1.29 is 19.4 Å². The largest absolute Gasteiger partial charge is 0.466 e. The van der Waals surface area contributed by atoms with E-state index in [1.807, 2.05) is 29.0 Å². The molecular weight excluding hydrogens is 574 g/mol. The van der Waals surface area contributed by atoms with E-state index in [4.69, 9.17) is 4.74 Å². The van der Waals surface area contributed by atoms with Crippen molar-refractivity contribution in [2.75, 3.05) is 6.61 Å². The number of nitro benzene ring substituents is 2. The Bertz CT molecular complexity index is 1710. The molecule has 192 valence electrons. The van der Waals surface area contributed by atoms with Gasteiger partial charge in [-0.05, 0) is 64.2 Å². The zero-order chi connectivity index (χ0) is 27.0. The van der Waals surface area contributed by atoms with Gasteiger partial charge in [-0.3, -0.25) is 25.0 Å². The van der Waals surface area contributed by atoms with Gasteiger partial charge in [0.2, 0.25) is 0 Å². The van der Waals surface area contributed by atoms with Crippen molar-refractivity contribution in [1.29, 1.82) is 0 Å². The maximum atomic E-state index is 12.3. The zero-order valence-electron chi connectivity index (χ0n) is 20.0. The van der Waals surface area contributed by atoms with Gasteiger partial charge in [-0.15, -0.1) is 11.3 Å². The molecule has 0 fully saturated rings. The fraction of sp³-hybridized carbons (Fsp3) is 0.148. The first-order valence-electron chi connectivity index (χ1n) is 11.6. The smallest absolute Gasteiger partial charge is 0.310 e. The van der Waals surface area contributed by atoms with E-state index in [1.54, 1.807) is 24.3 Å². The molecule has 5 rings (SSSR count). The van der Waals surface area contributed by atoms with Crippen LogP contribution in [-0.4, -0.2) is 27.0 Å². The molecule has 11 heteroatoms. The van der Waals surface area contributed by atoms with Crippen LogP contribution in [0, 0.1) is 20.2 Å². The van der Waals surface area contributed by atoms with Gasteiger partial charge in [-0.1, -0.05) is 28.1 Å². The number of hydrogen-bond donors (Lipinski definition) is 0. The van der Waals surface area contributed by atoms with Crippen LogP contribution in [0.3, 0.4) is 0 Å². The quantitative estimate of drug-likeness (QED) is 0.106. The summed E-state index contributed by atoms with van der Waals surface area (Å²) >= 11 is 5.18. The first-order valence-corrected chi connectivity index (χ1v) is 13.3. The number of aromatic nitrogens is 1. The van der Waals surface area contributed by atoms with Gasteiger partial charge in [0.25, 0.3) is 11.4 Å². The Morgan fingerprint density at radius 2 is 1.68 bits per heavy atom. The van der Waals surface area contributed by atoms with Gasteiger partial charge in [-0.2, -0.15) is 0 Å². The molecule has 2 heterocycles. The fourth-order valence-corrected chi connectivity index (χ4v) is 5.81. The number of benzene rings is 3. The maximum absolute atomic E-state index is 12.3. The molecule has 0 saturated heterocycles. The first-order chi connectivity index (χ1) is 18.2. The Labute approximate surface area is 228 Å². The molecule has 0 unspecified atom stereocenters. The number of esters is 1. The molecule has 0 aliphatic carbocycles. The molecule has 38 heavy (non-hydrogen) atoms. The summed E-state index contributed by atoms with van der Waals surface area (Å²) in [4.78, 5) is 33.9. The minimum Gasteiger partial charge on any atom is -0.466 e. The summed E-state index contributed by atoms with van der Waals surface area (Å²) in [7, 11) is 0. The van der Waals surface area contributed by atoms with E-state index >= 15 is 0 Å². The van der Waals surface area contributed by atoms with Crippen molar-refractivity contribution >= 4 is 65.6 Å². The van der Waals surface area contributed by atoms with E-state index in [2.05, 4.69) is 33.4 Å². The summed E-state index contributed by atoms with van der Waals surface area (Å²) in [5.74, 6) is -0.338. The van der Waals surface area contributed by atoms with E-state index in [0.29, 0.717) is 17.7 Å². The van der Waals surface area contributed by atoms with Gasteiger partial charge in [0.05, 0.1) is 28.9 Å².